The Morgan fingerprint density at radius 1 is 1.21 bits per heavy atom. The largest absolute Gasteiger partial charge is 0.548 e. The Morgan fingerprint density at radius 2 is 1.93 bits per heavy atom. The summed E-state index contributed by atoms with van der Waals surface area (Å²) in [4.78, 5) is 88.5. The molecule has 3 aromatic rings. The van der Waals surface area contributed by atoms with Crippen LogP contribution in [0.3, 0.4) is 0 Å². The van der Waals surface area contributed by atoms with E-state index in [1.54, 1.807) is 6.92 Å². The summed E-state index contributed by atoms with van der Waals surface area (Å²) >= 11 is 3.95. The molecule has 3 aromatic heterocycles. The topological polar surface area (TPSA) is 337 Å². The van der Waals surface area contributed by atoms with E-state index in [1.807, 2.05) is 46.6 Å². The molecule has 1 unspecified atom stereocenters. The molecule has 1 aliphatic heterocycles. The fourth-order valence-electron chi connectivity index (χ4n) is 4.69. The van der Waals surface area contributed by atoms with Gasteiger partial charge in [-0.2, -0.15) is 9.36 Å². The van der Waals surface area contributed by atoms with Crippen LogP contribution in [-0.2, 0) is 35.6 Å². The zero-order chi connectivity index (χ0) is 40.3. The van der Waals surface area contributed by atoms with E-state index in [9.17, 15) is 43.7 Å². The number of nitrogens with one attached hydrogen (secondary N) is 3. The Bertz CT molecular complexity index is 2020. The van der Waals surface area contributed by atoms with Crippen LogP contribution in [0.4, 0.5) is 5.13 Å². The second-order valence-electron chi connectivity index (χ2n) is 11.3. The second-order valence-corrected chi connectivity index (χ2v) is 16.7. The Labute approximate surface area is 336 Å². The number of Topliss-reactive ketones (excluding diaryl/α,β-unsaturated/α-hetero) is 1. The zero-order valence-corrected chi connectivity index (χ0v) is 33.1. The molecule has 9 N–H and O–H groups in total. The highest BCUT2D eigenvalue weighted by Crippen LogP contribution is 2.40. The van der Waals surface area contributed by atoms with Crippen LogP contribution in [0.25, 0.3) is 11.3 Å². The highest BCUT2D eigenvalue weighted by atomic mass is 32.2. The summed E-state index contributed by atoms with van der Waals surface area (Å²) in [5.74, 6) is -7.16. The lowest BCUT2D eigenvalue weighted by Crippen LogP contribution is -2.54. The number of carbonyl (C=O) groups excluding carboxylic acids is 4. The Hall–Kier alpha value is -4.65. The molecule has 4 heterocycles. The molecule has 1 amide bonds. The zero-order valence-electron chi connectivity index (χ0n) is 28.9. The monoisotopic (exact) mass is 872 g/mol. The molecule has 4 rings (SSSR count). The van der Waals surface area contributed by atoms with Gasteiger partial charge in [-0.15, -0.1) is 23.1 Å². The third-order valence-corrected chi connectivity index (χ3v) is 12.0. The Balaban J connectivity index is 0.00000841. The number of anilines is 1. The van der Waals surface area contributed by atoms with Crippen molar-refractivity contribution in [3.63, 3.8) is 0 Å². The van der Waals surface area contributed by atoms with Crippen molar-refractivity contribution in [1.29, 1.82) is 0 Å². The van der Waals surface area contributed by atoms with Crippen molar-refractivity contribution in [3.05, 3.63) is 46.3 Å². The number of carboxylic acid groups (broad SMARTS) is 2. The molecule has 0 saturated carbocycles. The van der Waals surface area contributed by atoms with Crippen molar-refractivity contribution < 1.29 is 53.1 Å². The number of amides is 1. The first-order valence-electron chi connectivity index (χ1n) is 15.9. The molecule has 0 aromatic carbocycles. The summed E-state index contributed by atoms with van der Waals surface area (Å²) in [6.07, 6.45) is 2.97. The molecule has 0 saturated heterocycles. The maximum absolute atomic E-state index is 13.9. The predicted octanol–water partition coefficient (Wildman–Crippen LogP) is -1.35. The van der Waals surface area contributed by atoms with Crippen LogP contribution >= 0.6 is 54.1 Å². The molecule has 21 nitrogen and oxygen atoms in total. The van der Waals surface area contributed by atoms with E-state index < -0.39 is 66.7 Å². The van der Waals surface area contributed by atoms with Crippen molar-refractivity contribution in [2.75, 3.05) is 24.0 Å². The van der Waals surface area contributed by atoms with Crippen LogP contribution in [0.2, 0.25) is 0 Å². The number of nitrogens with two attached hydrogens (primary N) is 2. The number of hydrogen-bond donors (Lipinski definition) is 7. The predicted molar refractivity (Wildman–Crippen MR) is 206 cm³/mol. The van der Waals surface area contributed by atoms with Gasteiger partial charge in [-0.3, -0.25) is 19.7 Å². The Kier molecular flexibility index (Phi) is 17.2. The van der Waals surface area contributed by atoms with E-state index in [4.69, 9.17) is 16.3 Å². The number of aliphatic imine (C=N–C) groups is 1. The summed E-state index contributed by atoms with van der Waals surface area (Å²) in [5.41, 5.74) is 11.3. The van der Waals surface area contributed by atoms with Gasteiger partial charge in [-0.25, -0.2) is 14.1 Å². The number of carbonyl (C=O) groups is 4. The number of pyridine rings is 1. The highest BCUT2D eigenvalue weighted by Gasteiger charge is 2.38. The molecule has 0 bridgehead atoms. The minimum atomic E-state index is -4.80. The van der Waals surface area contributed by atoms with Crippen LogP contribution in [0, 0.1) is 5.92 Å². The van der Waals surface area contributed by atoms with Crippen molar-refractivity contribution in [3.8, 4) is 11.3 Å². The van der Waals surface area contributed by atoms with Crippen LogP contribution in [0.5, 0.6) is 0 Å². The summed E-state index contributed by atoms with van der Waals surface area (Å²) in [7, 11) is -2.92. The van der Waals surface area contributed by atoms with E-state index in [-0.39, 0.29) is 56.0 Å². The third kappa shape index (κ3) is 13.5. The van der Waals surface area contributed by atoms with Crippen molar-refractivity contribution in [2.24, 2.45) is 34.6 Å². The quantitative estimate of drug-likeness (QED) is 0.0172. The van der Waals surface area contributed by atoms with Gasteiger partial charge in [0.1, 0.15) is 13.7 Å². The standard InChI is InChI=1S/C29H36N11O10PS4.CH4/c1-3-50-37-20(22-36-28(55-39-22)38-51(47,48)49)18(41)11-15(23(42)33-16(25(43)44)5-4-8-32-27(30)31)24-35-21(26(45)46)19(13-52-24)54-29-34-17(12-53-29)14-6-9-40(2)10-7-14;/h6-7,9-10,12,15-16,24,35H,3-5,8,11,13H2,1-2H3,(H9-,30,31,32,33,36,38,39,42,43,44,45,46,47,48,49);1H4/p-1/b37-20+;/t15-,16?,24-;/m1./s1. The number of thiazole rings is 1. The van der Waals surface area contributed by atoms with Crippen molar-refractivity contribution in [2.45, 2.75) is 49.4 Å². The molecule has 0 fully saturated rings. The number of thioether (sulfide) groups is 2. The summed E-state index contributed by atoms with van der Waals surface area (Å²) < 4.78 is 17.8. The minimum absolute atomic E-state index is 0. The fraction of sp³-hybridized carbons (Fsp3) is 0.400. The van der Waals surface area contributed by atoms with Gasteiger partial charge in [-0.05, 0) is 19.8 Å². The lowest BCUT2D eigenvalue weighted by molar-refractivity contribution is -0.671. The summed E-state index contributed by atoms with van der Waals surface area (Å²) in [6.45, 7) is 1.59. The van der Waals surface area contributed by atoms with Gasteiger partial charge in [0.05, 0.1) is 40.7 Å². The number of guanidine groups is 1. The number of ketones is 1. The first-order valence-corrected chi connectivity index (χ1v) is 21.1. The molecule has 26 heteroatoms. The fourth-order valence-corrected chi connectivity index (χ4v) is 9.29. The van der Waals surface area contributed by atoms with E-state index >= 15 is 0 Å². The van der Waals surface area contributed by atoms with Gasteiger partial charge in [0, 0.05) is 58.2 Å². The van der Waals surface area contributed by atoms with E-state index in [0.29, 0.717) is 26.5 Å². The van der Waals surface area contributed by atoms with Crippen LogP contribution in [-0.4, -0.2) is 89.7 Å². The molecule has 304 valence electrons. The van der Waals surface area contributed by atoms with Crippen molar-refractivity contribution in [1.82, 2.24) is 25.0 Å². The smallest absolute Gasteiger partial charge is 0.429 e. The molecule has 0 aliphatic carbocycles. The first-order chi connectivity index (χ1) is 26.0. The summed E-state index contributed by atoms with van der Waals surface area (Å²) in [5, 5.41) is 35.6. The van der Waals surface area contributed by atoms with Crippen molar-refractivity contribution >= 4 is 94.6 Å². The van der Waals surface area contributed by atoms with Gasteiger partial charge in [0.2, 0.25) is 16.9 Å². The molecule has 0 radical (unpaired) electrons. The average molecular weight is 873 g/mol. The first kappa shape index (κ1) is 45.7. The number of nitrogens with zero attached hydrogens (tertiary/aromatic N) is 6. The molecular weight excluding hydrogens is 834 g/mol. The van der Waals surface area contributed by atoms with Crippen LogP contribution in [0.1, 0.15) is 39.4 Å². The van der Waals surface area contributed by atoms with E-state index in [0.717, 1.165) is 29.1 Å². The van der Waals surface area contributed by atoms with E-state index in [1.165, 1.54) is 11.3 Å². The average Bonchev–Trinajstić information content (AvgIpc) is 3.77. The second kappa shape index (κ2) is 21.0. The molecular formula is C30H39N11O10PS4-. The van der Waals surface area contributed by atoms with Gasteiger partial charge < -0.3 is 56.5 Å². The van der Waals surface area contributed by atoms with Crippen LogP contribution < -0.4 is 42.0 Å². The molecule has 1 aliphatic rings. The lowest BCUT2D eigenvalue weighted by atomic mass is 9.97. The maximum atomic E-state index is 13.9. The number of aromatic nitrogens is 4. The number of oxime groups is 1. The van der Waals surface area contributed by atoms with Gasteiger partial charge in [0.15, 0.2) is 34.2 Å². The lowest BCUT2D eigenvalue weighted by Gasteiger charge is -2.34. The maximum Gasteiger partial charge on any atom is 0.429 e. The molecule has 56 heavy (non-hydrogen) atoms. The normalized spacial score (nSPS) is 15.4. The molecule has 3 atom stereocenters. The van der Waals surface area contributed by atoms with Gasteiger partial charge in [0.25, 0.3) is 0 Å². The number of aliphatic carboxylic acids is 2. The third-order valence-electron chi connectivity index (χ3n) is 7.21. The Morgan fingerprint density at radius 3 is 2.55 bits per heavy atom. The SMILES string of the molecule is C.CCO/N=C(\C(=O)C[C@H](C(=O)NC(CCCN=C(N)N)C(=O)[O-])[C@@H]1NC(C(=O)[O-])=C(Sc2nc(-c3cc[n+](C)cc3)cs2)CS1)c1nsc(NP(=O)(O)O)n1. The summed E-state index contributed by atoms with van der Waals surface area (Å²) in [6, 6.07) is 2.21. The molecule has 0 spiro atoms. The number of rotatable bonds is 20. The minimum Gasteiger partial charge on any atom is -0.548 e. The number of hydrogen-bond acceptors (Lipinski definition) is 18. The van der Waals surface area contributed by atoms with E-state index in [2.05, 4.69) is 35.1 Å². The number of carboxylic acids is 2. The van der Waals surface area contributed by atoms with Gasteiger partial charge in [-0.1, -0.05) is 24.3 Å². The van der Waals surface area contributed by atoms with Crippen LogP contribution in [0.15, 0.2) is 55.0 Å². The van der Waals surface area contributed by atoms with Gasteiger partial charge >= 0.3 is 7.75 Å². The highest BCUT2D eigenvalue weighted by molar-refractivity contribution is 8.07. The number of aryl methyl sites for hydroxylation is 1.